The molecule has 0 amide bonds. The minimum Gasteiger partial charge on any atom is -0.381 e. The number of rotatable bonds is 4. The SMILES string of the molecule is C=C(CNc1ccc(I)cc1)c1ccccc1. The number of hydrogen-bond donors (Lipinski definition) is 1. The van der Waals surface area contributed by atoms with E-state index in [-0.39, 0.29) is 0 Å². The molecule has 0 radical (unpaired) electrons. The molecule has 0 aliphatic rings. The first-order valence-electron chi connectivity index (χ1n) is 5.48. The van der Waals surface area contributed by atoms with Crippen LogP contribution in [0, 0.1) is 3.57 Å². The summed E-state index contributed by atoms with van der Waals surface area (Å²) in [5, 5.41) is 3.37. The third-order valence-electron chi connectivity index (χ3n) is 2.53. The van der Waals surface area contributed by atoms with Crippen molar-refractivity contribution in [2.24, 2.45) is 0 Å². The van der Waals surface area contributed by atoms with Crippen LogP contribution >= 0.6 is 22.6 Å². The molecule has 0 heterocycles. The monoisotopic (exact) mass is 335 g/mol. The van der Waals surface area contributed by atoms with E-state index in [1.165, 1.54) is 9.13 Å². The summed E-state index contributed by atoms with van der Waals surface area (Å²) >= 11 is 2.30. The Hall–Kier alpha value is -1.29. The van der Waals surface area contributed by atoms with E-state index < -0.39 is 0 Å². The van der Waals surface area contributed by atoms with Crippen molar-refractivity contribution in [3.63, 3.8) is 0 Å². The molecule has 0 fully saturated rings. The van der Waals surface area contributed by atoms with Crippen molar-refractivity contribution in [3.05, 3.63) is 70.3 Å². The zero-order valence-corrected chi connectivity index (χ0v) is 11.6. The maximum atomic E-state index is 4.09. The van der Waals surface area contributed by atoms with Crippen molar-refractivity contribution < 1.29 is 0 Å². The zero-order chi connectivity index (χ0) is 12.1. The highest BCUT2D eigenvalue weighted by atomic mass is 127. The summed E-state index contributed by atoms with van der Waals surface area (Å²) in [6.45, 7) is 4.86. The van der Waals surface area contributed by atoms with Gasteiger partial charge in [-0.05, 0) is 58.0 Å². The predicted octanol–water partition coefficient (Wildman–Crippen LogP) is 4.42. The van der Waals surface area contributed by atoms with Crippen molar-refractivity contribution in [2.45, 2.75) is 0 Å². The van der Waals surface area contributed by atoms with Gasteiger partial charge in [0, 0.05) is 15.8 Å². The highest BCUT2D eigenvalue weighted by Gasteiger charge is 1.98. The van der Waals surface area contributed by atoms with Crippen LogP contribution in [0.2, 0.25) is 0 Å². The van der Waals surface area contributed by atoms with E-state index in [2.05, 4.69) is 70.9 Å². The molecule has 86 valence electrons. The number of halogens is 1. The first kappa shape index (κ1) is 12.2. The summed E-state index contributed by atoms with van der Waals surface area (Å²) in [5.41, 5.74) is 3.41. The van der Waals surface area contributed by atoms with Gasteiger partial charge in [0.15, 0.2) is 0 Å². The molecule has 0 atom stereocenters. The summed E-state index contributed by atoms with van der Waals surface area (Å²) < 4.78 is 1.25. The van der Waals surface area contributed by atoms with Crippen LogP contribution in [0.25, 0.3) is 5.57 Å². The molecule has 0 saturated heterocycles. The summed E-state index contributed by atoms with van der Waals surface area (Å²) in [7, 11) is 0. The normalized spacial score (nSPS) is 9.94. The van der Waals surface area contributed by atoms with Crippen LogP contribution in [0.3, 0.4) is 0 Å². The van der Waals surface area contributed by atoms with E-state index in [1.807, 2.05) is 18.2 Å². The fourth-order valence-corrected chi connectivity index (χ4v) is 1.91. The van der Waals surface area contributed by atoms with Crippen LogP contribution < -0.4 is 5.32 Å². The Kier molecular flexibility index (Phi) is 4.20. The lowest BCUT2D eigenvalue weighted by Gasteiger charge is -2.09. The number of hydrogen-bond acceptors (Lipinski definition) is 1. The Bertz CT molecular complexity index is 488. The average Bonchev–Trinajstić information content (AvgIpc) is 2.39. The molecule has 0 bridgehead atoms. The molecule has 1 nitrogen and oxygen atoms in total. The second kappa shape index (κ2) is 5.87. The Balaban J connectivity index is 1.95. The van der Waals surface area contributed by atoms with Crippen LogP contribution in [-0.4, -0.2) is 6.54 Å². The predicted molar refractivity (Wildman–Crippen MR) is 83.1 cm³/mol. The van der Waals surface area contributed by atoms with E-state index in [4.69, 9.17) is 0 Å². The van der Waals surface area contributed by atoms with E-state index >= 15 is 0 Å². The van der Waals surface area contributed by atoms with E-state index in [9.17, 15) is 0 Å². The molecular weight excluding hydrogens is 321 g/mol. The average molecular weight is 335 g/mol. The Morgan fingerprint density at radius 1 is 1.00 bits per heavy atom. The maximum Gasteiger partial charge on any atom is 0.0400 e. The fraction of sp³-hybridized carbons (Fsp3) is 0.0667. The minimum absolute atomic E-state index is 0.768. The quantitative estimate of drug-likeness (QED) is 0.816. The Labute approximate surface area is 116 Å². The smallest absolute Gasteiger partial charge is 0.0400 e. The van der Waals surface area contributed by atoms with Gasteiger partial charge in [-0.3, -0.25) is 0 Å². The molecule has 2 aromatic rings. The molecule has 0 saturated carbocycles. The van der Waals surface area contributed by atoms with Crippen molar-refractivity contribution >= 4 is 33.9 Å². The first-order chi connectivity index (χ1) is 8.25. The topological polar surface area (TPSA) is 12.0 Å². The standard InChI is InChI=1S/C15H14IN/c1-12(13-5-3-2-4-6-13)11-17-15-9-7-14(16)8-10-15/h2-10,17H,1,11H2. The molecule has 0 spiro atoms. The van der Waals surface area contributed by atoms with E-state index in [0.29, 0.717) is 0 Å². The van der Waals surface area contributed by atoms with Gasteiger partial charge in [-0.15, -0.1) is 0 Å². The second-order valence-corrected chi connectivity index (χ2v) is 5.08. The maximum absolute atomic E-state index is 4.09. The van der Waals surface area contributed by atoms with Crippen molar-refractivity contribution in [1.29, 1.82) is 0 Å². The molecule has 0 aliphatic carbocycles. The molecule has 2 aromatic carbocycles. The lowest BCUT2D eigenvalue weighted by molar-refractivity contribution is 1.34. The largest absolute Gasteiger partial charge is 0.381 e. The minimum atomic E-state index is 0.768. The molecule has 0 aliphatic heterocycles. The molecule has 17 heavy (non-hydrogen) atoms. The van der Waals surface area contributed by atoms with Crippen molar-refractivity contribution in [3.8, 4) is 0 Å². The zero-order valence-electron chi connectivity index (χ0n) is 9.49. The molecule has 2 rings (SSSR count). The summed E-state index contributed by atoms with van der Waals surface area (Å²) in [6.07, 6.45) is 0. The van der Waals surface area contributed by atoms with Gasteiger partial charge in [0.2, 0.25) is 0 Å². The van der Waals surface area contributed by atoms with Gasteiger partial charge in [-0.25, -0.2) is 0 Å². The second-order valence-electron chi connectivity index (χ2n) is 3.83. The van der Waals surface area contributed by atoms with Crippen molar-refractivity contribution in [1.82, 2.24) is 0 Å². The van der Waals surface area contributed by atoms with Crippen LogP contribution in [-0.2, 0) is 0 Å². The van der Waals surface area contributed by atoms with Crippen LogP contribution in [0.1, 0.15) is 5.56 Å². The number of anilines is 1. The van der Waals surface area contributed by atoms with Gasteiger partial charge in [0.05, 0.1) is 0 Å². The van der Waals surface area contributed by atoms with Gasteiger partial charge in [0.1, 0.15) is 0 Å². The van der Waals surface area contributed by atoms with Gasteiger partial charge in [-0.1, -0.05) is 36.9 Å². The van der Waals surface area contributed by atoms with Crippen LogP contribution in [0.4, 0.5) is 5.69 Å². The Morgan fingerprint density at radius 3 is 2.29 bits per heavy atom. The molecular formula is C15H14IN. The highest BCUT2D eigenvalue weighted by molar-refractivity contribution is 14.1. The third kappa shape index (κ3) is 3.60. The summed E-state index contributed by atoms with van der Waals surface area (Å²) in [6, 6.07) is 18.6. The molecule has 2 heteroatoms. The molecule has 0 unspecified atom stereocenters. The lowest BCUT2D eigenvalue weighted by Crippen LogP contribution is -2.03. The van der Waals surface area contributed by atoms with Gasteiger partial charge < -0.3 is 5.32 Å². The van der Waals surface area contributed by atoms with Crippen LogP contribution in [0.15, 0.2) is 61.2 Å². The van der Waals surface area contributed by atoms with Crippen LogP contribution in [0.5, 0.6) is 0 Å². The number of nitrogens with one attached hydrogen (secondary N) is 1. The van der Waals surface area contributed by atoms with Crippen molar-refractivity contribution in [2.75, 3.05) is 11.9 Å². The summed E-state index contributed by atoms with van der Waals surface area (Å²) in [5.74, 6) is 0. The molecule has 0 aromatic heterocycles. The first-order valence-corrected chi connectivity index (χ1v) is 6.56. The summed E-state index contributed by atoms with van der Waals surface area (Å²) in [4.78, 5) is 0. The lowest BCUT2D eigenvalue weighted by atomic mass is 10.1. The third-order valence-corrected chi connectivity index (χ3v) is 3.25. The van der Waals surface area contributed by atoms with Gasteiger partial charge in [-0.2, -0.15) is 0 Å². The van der Waals surface area contributed by atoms with Gasteiger partial charge in [0.25, 0.3) is 0 Å². The van der Waals surface area contributed by atoms with E-state index in [0.717, 1.165) is 17.8 Å². The highest BCUT2D eigenvalue weighted by Crippen LogP contribution is 2.15. The fourth-order valence-electron chi connectivity index (χ4n) is 1.55. The Morgan fingerprint density at radius 2 is 1.65 bits per heavy atom. The van der Waals surface area contributed by atoms with E-state index in [1.54, 1.807) is 0 Å². The van der Waals surface area contributed by atoms with Gasteiger partial charge >= 0.3 is 0 Å². The molecule has 1 N–H and O–H groups in total. The number of benzene rings is 2.